The van der Waals surface area contributed by atoms with Gasteiger partial charge in [0.25, 0.3) is 0 Å². The lowest BCUT2D eigenvalue weighted by atomic mass is 10.4. The molecule has 0 heterocycles. The lowest BCUT2D eigenvalue weighted by molar-refractivity contribution is -0.166. The van der Waals surface area contributed by atoms with Crippen molar-refractivity contribution >= 4 is 5.91 Å². The van der Waals surface area contributed by atoms with E-state index in [0.717, 1.165) is 0 Å². The van der Waals surface area contributed by atoms with Crippen LogP contribution in [0.3, 0.4) is 0 Å². The highest BCUT2D eigenvalue weighted by Gasteiger charge is 2.04. The smallest absolute Gasteiger partial charge is 0.245 e. The number of carbonyl (C=O) groups excluding carboxylic acids is 1. The maximum Gasteiger partial charge on any atom is 0.245 e. The molecule has 0 bridgehead atoms. The molecule has 0 aromatic heterocycles. The summed E-state index contributed by atoms with van der Waals surface area (Å²) in [6.07, 6.45) is 0.260. The van der Waals surface area contributed by atoms with Gasteiger partial charge in [-0.25, -0.2) is 5.06 Å². The van der Waals surface area contributed by atoms with Crippen molar-refractivity contribution in [1.29, 1.82) is 0 Å². The number of amides is 1. The molecule has 0 radical (unpaired) electrons. The van der Waals surface area contributed by atoms with Gasteiger partial charge >= 0.3 is 0 Å². The van der Waals surface area contributed by atoms with Gasteiger partial charge in [0.05, 0.1) is 13.2 Å². The summed E-state index contributed by atoms with van der Waals surface area (Å²) in [5.41, 5.74) is 0. The van der Waals surface area contributed by atoms with Gasteiger partial charge in [-0.3, -0.25) is 10.0 Å². The molecule has 0 aromatic rings. The maximum atomic E-state index is 10.5. The highest BCUT2D eigenvalue weighted by Crippen LogP contribution is 1.86. The van der Waals surface area contributed by atoms with Crippen LogP contribution in [0.25, 0.3) is 0 Å². The molecule has 0 atom stereocenters. The zero-order valence-corrected chi connectivity index (χ0v) is 5.37. The highest BCUT2D eigenvalue weighted by molar-refractivity contribution is 5.74. The number of aliphatic hydroxyl groups excluding tert-OH is 1. The number of hydrogen-bond acceptors (Lipinski definition) is 3. The molecule has 1 amide bonds. The molecule has 54 valence electrons. The third kappa shape index (κ3) is 3.05. The predicted molar refractivity (Wildman–Crippen MR) is 30.9 cm³/mol. The summed E-state index contributed by atoms with van der Waals surface area (Å²) < 4.78 is 0. The van der Waals surface area contributed by atoms with E-state index in [1.165, 1.54) is 0 Å². The van der Waals surface area contributed by atoms with E-state index < -0.39 is 0 Å². The number of rotatable bonds is 3. The molecule has 0 rings (SSSR count). The van der Waals surface area contributed by atoms with Crippen LogP contribution in [0.1, 0.15) is 13.3 Å². The second-order valence-electron chi connectivity index (χ2n) is 1.59. The molecular formula is C5H11NO3. The predicted octanol–water partition coefficient (Wildman–Crippen LogP) is -0.394. The quantitative estimate of drug-likeness (QED) is 0.407. The molecule has 0 aliphatic heterocycles. The van der Waals surface area contributed by atoms with Crippen LogP contribution in [0.2, 0.25) is 0 Å². The highest BCUT2D eigenvalue weighted by atomic mass is 16.5. The molecule has 0 fully saturated rings. The van der Waals surface area contributed by atoms with Gasteiger partial charge in [0.1, 0.15) is 0 Å². The Labute approximate surface area is 53.7 Å². The summed E-state index contributed by atoms with van der Waals surface area (Å²) in [6, 6.07) is 0. The Balaban J connectivity index is 3.45. The van der Waals surface area contributed by atoms with Gasteiger partial charge < -0.3 is 5.11 Å². The number of nitrogens with zero attached hydrogens (tertiary/aromatic N) is 1. The first-order valence-electron chi connectivity index (χ1n) is 2.82. The molecule has 0 aliphatic carbocycles. The first-order valence-corrected chi connectivity index (χ1v) is 2.82. The minimum atomic E-state index is -0.371. The fourth-order valence-corrected chi connectivity index (χ4v) is 0.402. The Kier molecular flexibility index (Phi) is 4.00. The normalized spacial score (nSPS) is 9.22. The van der Waals surface area contributed by atoms with E-state index in [4.69, 9.17) is 10.3 Å². The van der Waals surface area contributed by atoms with Crippen LogP contribution in [0, 0.1) is 0 Å². The van der Waals surface area contributed by atoms with Crippen molar-refractivity contribution in [2.24, 2.45) is 0 Å². The topological polar surface area (TPSA) is 60.8 Å². The van der Waals surface area contributed by atoms with Crippen LogP contribution in [-0.2, 0) is 4.79 Å². The molecule has 0 spiro atoms. The van der Waals surface area contributed by atoms with E-state index in [9.17, 15) is 4.79 Å². The molecular weight excluding hydrogens is 122 g/mol. The van der Waals surface area contributed by atoms with Gasteiger partial charge in [-0.1, -0.05) is 6.92 Å². The number of hydrogen-bond donors (Lipinski definition) is 2. The average Bonchev–Trinajstić information content (AvgIpc) is 1.87. The Hall–Kier alpha value is -0.610. The maximum absolute atomic E-state index is 10.5. The summed E-state index contributed by atoms with van der Waals surface area (Å²) >= 11 is 0. The largest absolute Gasteiger partial charge is 0.394 e. The second-order valence-corrected chi connectivity index (χ2v) is 1.59. The van der Waals surface area contributed by atoms with Gasteiger partial charge in [0.2, 0.25) is 5.91 Å². The molecule has 4 heteroatoms. The van der Waals surface area contributed by atoms with Crippen molar-refractivity contribution < 1.29 is 15.1 Å². The standard InChI is InChI=1S/C5H11NO3/c1-2-5(8)6(9)3-4-7/h7,9H,2-4H2,1H3. The number of carbonyl (C=O) groups is 1. The van der Waals surface area contributed by atoms with Crippen molar-refractivity contribution in [3.05, 3.63) is 0 Å². The molecule has 2 N–H and O–H groups in total. The van der Waals surface area contributed by atoms with Crippen molar-refractivity contribution in [1.82, 2.24) is 5.06 Å². The van der Waals surface area contributed by atoms with Crippen molar-refractivity contribution in [2.75, 3.05) is 13.2 Å². The van der Waals surface area contributed by atoms with Crippen LogP contribution in [0.15, 0.2) is 0 Å². The molecule has 9 heavy (non-hydrogen) atoms. The summed E-state index contributed by atoms with van der Waals surface area (Å²) in [5, 5.41) is 17.4. The molecule has 0 unspecified atom stereocenters. The van der Waals surface area contributed by atoms with Gasteiger partial charge in [-0.2, -0.15) is 0 Å². The fourth-order valence-electron chi connectivity index (χ4n) is 0.402. The van der Waals surface area contributed by atoms with Crippen molar-refractivity contribution in [3.8, 4) is 0 Å². The Morgan fingerprint density at radius 2 is 2.22 bits per heavy atom. The van der Waals surface area contributed by atoms with E-state index in [1.807, 2.05) is 0 Å². The van der Waals surface area contributed by atoms with Crippen LogP contribution in [0.5, 0.6) is 0 Å². The lowest BCUT2D eigenvalue weighted by Crippen LogP contribution is -2.29. The van der Waals surface area contributed by atoms with Crippen LogP contribution in [0.4, 0.5) is 0 Å². The van der Waals surface area contributed by atoms with Crippen LogP contribution in [-0.4, -0.2) is 34.4 Å². The van der Waals surface area contributed by atoms with Crippen LogP contribution >= 0.6 is 0 Å². The first kappa shape index (κ1) is 8.39. The molecule has 4 nitrogen and oxygen atoms in total. The lowest BCUT2D eigenvalue weighted by Gasteiger charge is -2.10. The molecule has 0 aromatic carbocycles. The van der Waals surface area contributed by atoms with Crippen molar-refractivity contribution in [3.63, 3.8) is 0 Å². The SMILES string of the molecule is CCC(=O)N(O)CCO. The minimum Gasteiger partial charge on any atom is -0.394 e. The number of hydroxylamine groups is 2. The molecule has 0 aliphatic rings. The van der Waals surface area contributed by atoms with E-state index in [2.05, 4.69) is 0 Å². The van der Waals surface area contributed by atoms with E-state index >= 15 is 0 Å². The summed E-state index contributed by atoms with van der Waals surface area (Å²) in [6.45, 7) is 1.43. The van der Waals surface area contributed by atoms with Crippen LogP contribution < -0.4 is 0 Å². The monoisotopic (exact) mass is 133 g/mol. The average molecular weight is 133 g/mol. The van der Waals surface area contributed by atoms with E-state index in [1.54, 1.807) is 6.92 Å². The summed E-state index contributed by atoms with van der Waals surface area (Å²) in [4.78, 5) is 10.5. The fraction of sp³-hybridized carbons (Fsp3) is 0.800. The second kappa shape index (κ2) is 4.29. The first-order chi connectivity index (χ1) is 4.22. The van der Waals surface area contributed by atoms with E-state index in [-0.39, 0.29) is 25.5 Å². The molecule has 0 saturated heterocycles. The zero-order chi connectivity index (χ0) is 7.28. The van der Waals surface area contributed by atoms with Gasteiger partial charge in [-0.15, -0.1) is 0 Å². The van der Waals surface area contributed by atoms with E-state index in [0.29, 0.717) is 5.06 Å². The Morgan fingerprint density at radius 1 is 1.67 bits per heavy atom. The Bertz CT molecular complexity index is 94.2. The zero-order valence-electron chi connectivity index (χ0n) is 5.37. The number of aliphatic hydroxyl groups is 1. The van der Waals surface area contributed by atoms with Gasteiger partial charge in [-0.05, 0) is 0 Å². The molecule has 0 saturated carbocycles. The Morgan fingerprint density at radius 3 is 2.56 bits per heavy atom. The van der Waals surface area contributed by atoms with Gasteiger partial charge in [0, 0.05) is 6.42 Å². The third-order valence-electron chi connectivity index (χ3n) is 0.902. The summed E-state index contributed by atoms with van der Waals surface area (Å²) in [5.74, 6) is -0.371. The third-order valence-corrected chi connectivity index (χ3v) is 0.902. The summed E-state index contributed by atoms with van der Waals surface area (Å²) in [7, 11) is 0. The van der Waals surface area contributed by atoms with Crippen molar-refractivity contribution in [2.45, 2.75) is 13.3 Å². The minimum absolute atomic E-state index is 0.00727. The van der Waals surface area contributed by atoms with Gasteiger partial charge in [0.15, 0.2) is 0 Å².